The highest BCUT2D eigenvalue weighted by Crippen LogP contribution is 2.37. The molecular formula is C13H11Cl2NO3. The van der Waals surface area contributed by atoms with E-state index in [0.29, 0.717) is 15.6 Å². The van der Waals surface area contributed by atoms with Gasteiger partial charge in [0.15, 0.2) is 11.5 Å². The Bertz CT molecular complexity index is 617. The van der Waals surface area contributed by atoms with Gasteiger partial charge in [0.05, 0.1) is 10.0 Å². The third-order valence-electron chi connectivity index (χ3n) is 2.62. The molecule has 19 heavy (non-hydrogen) atoms. The number of rotatable bonds is 3. The fraction of sp³-hybridized carbons (Fsp3) is 0.0769. The van der Waals surface area contributed by atoms with Gasteiger partial charge in [-0.15, -0.1) is 0 Å². The monoisotopic (exact) mass is 299 g/mol. The number of aromatic hydroxyl groups is 3. The zero-order valence-corrected chi connectivity index (χ0v) is 11.2. The summed E-state index contributed by atoms with van der Waals surface area (Å²) in [4.78, 5) is 0. The SMILES string of the molecule is Oc1ccc(CNc2ccc(Cl)c(Cl)c2)c(O)c1O. The molecule has 0 aliphatic rings. The molecule has 2 aromatic carbocycles. The molecule has 2 aromatic rings. The van der Waals surface area contributed by atoms with Crippen LogP contribution in [0.3, 0.4) is 0 Å². The van der Waals surface area contributed by atoms with Crippen molar-refractivity contribution in [3.05, 3.63) is 45.9 Å². The van der Waals surface area contributed by atoms with Gasteiger partial charge in [0.2, 0.25) is 5.75 Å². The van der Waals surface area contributed by atoms with Crippen LogP contribution in [-0.4, -0.2) is 15.3 Å². The highest BCUT2D eigenvalue weighted by molar-refractivity contribution is 6.42. The van der Waals surface area contributed by atoms with E-state index in [2.05, 4.69) is 5.32 Å². The lowest BCUT2D eigenvalue weighted by molar-refractivity contribution is 0.365. The highest BCUT2D eigenvalue weighted by atomic mass is 35.5. The van der Waals surface area contributed by atoms with Crippen molar-refractivity contribution in [3.8, 4) is 17.2 Å². The number of halogens is 2. The zero-order valence-electron chi connectivity index (χ0n) is 9.69. The van der Waals surface area contributed by atoms with Gasteiger partial charge in [0.1, 0.15) is 0 Å². The van der Waals surface area contributed by atoms with Crippen molar-refractivity contribution in [1.29, 1.82) is 0 Å². The van der Waals surface area contributed by atoms with E-state index in [1.54, 1.807) is 18.2 Å². The predicted octanol–water partition coefficient (Wildman–Crippen LogP) is 3.72. The summed E-state index contributed by atoms with van der Waals surface area (Å²) in [6, 6.07) is 7.86. The van der Waals surface area contributed by atoms with E-state index >= 15 is 0 Å². The van der Waals surface area contributed by atoms with Crippen LogP contribution in [0.5, 0.6) is 17.2 Å². The molecule has 0 bridgehead atoms. The Morgan fingerprint density at radius 2 is 1.63 bits per heavy atom. The summed E-state index contributed by atoms with van der Waals surface area (Å²) >= 11 is 11.7. The van der Waals surface area contributed by atoms with Gasteiger partial charge in [0, 0.05) is 17.8 Å². The van der Waals surface area contributed by atoms with Gasteiger partial charge >= 0.3 is 0 Å². The summed E-state index contributed by atoms with van der Waals surface area (Å²) in [5.41, 5.74) is 1.17. The molecule has 0 amide bonds. The first-order valence-corrected chi connectivity index (χ1v) is 6.16. The number of phenolic OH excluding ortho intramolecular Hbond substituents is 3. The summed E-state index contributed by atoms with van der Waals surface area (Å²) in [6.07, 6.45) is 0. The number of phenols is 3. The normalized spacial score (nSPS) is 10.4. The molecule has 0 atom stereocenters. The minimum Gasteiger partial charge on any atom is -0.504 e. The number of hydrogen-bond donors (Lipinski definition) is 4. The van der Waals surface area contributed by atoms with Crippen molar-refractivity contribution in [2.45, 2.75) is 6.54 Å². The third kappa shape index (κ3) is 2.97. The Kier molecular flexibility index (Phi) is 3.93. The molecule has 2 rings (SSSR count). The Balaban J connectivity index is 2.14. The molecular weight excluding hydrogens is 289 g/mol. The van der Waals surface area contributed by atoms with Gasteiger partial charge in [-0.1, -0.05) is 23.2 Å². The molecule has 6 heteroatoms. The van der Waals surface area contributed by atoms with Crippen molar-refractivity contribution >= 4 is 28.9 Å². The summed E-state index contributed by atoms with van der Waals surface area (Å²) in [5.74, 6) is -1.25. The van der Waals surface area contributed by atoms with Gasteiger partial charge in [-0.05, 0) is 30.3 Å². The quantitative estimate of drug-likeness (QED) is 0.652. The summed E-state index contributed by atoms with van der Waals surface area (Å²) in [6.45, 7) is 0.262. The second kappa shape index (κ2) is 5.47. The van der Waals surface area contributed by atoms with E-state index in [4.69, 9.17) is 23.2 Å². The van der Waals surface area contributed by atoms with Crippen LogP contribution in [0, 0.1) is 0 Å². The fourth-order valence-electron chi connectivity index (χ4n) is 1.56. The average Bonchev–Trinajstić information content (AvgIpc) is 2.39. The fourth-order valence-corrected chi connectivity index (χ4v) is 1.85. The molecule has 0 unspecified atom stereocenters. The lowest BCUT2D eigenvalue weighted by Gasteiger charge is -2.10. The molecule has 0 spiro atoms. The highest BCUT2D eigenvalue weighted by Gasteiger charge is 2.10. The number of nitrogens with one attached hydrogen (secondary N) is 1. The molecule has 0 aliphatic heterocycles. The second-order valence-corrected chi connectivity index (χ2v) is 4.74. The van der Waals surface area contributed by atoms with E-state index in [-0.39, 0.29) is 18.0 Å². The van der Waals surface area contributed by atoms with Gasteiger partial charge in [-0.2, -0.15) is 0 Å². The molecule has 100 valence electrons. The first-order valence-electron chi connectivity index (χ1n) is 5.40. The van der Waals surface area contributed by atoms with Crippen molar-refractivity contribution in [2.24, 2.45) is 0 Å². The molecule has 0 heterocycles. The topological polar surface area (TPSA) is 72.7 Å². The zero-order chi connectivity index (χ0) is 14.0. The maximum absolute atomic E-state index is 9.66. The first kappa shape index (κ1) is 13.6. The Labute approximate surface area is 119 Å². The molecule has 0 saturated carbocycles. The molecule has 0 aliphatic carbocycles. The minimum absolute atomic E-state index is 0.262. The maximum atomic E-state index is 9.66. The van der Waals surface area contributed by atoms with Crippen molar-refractivity contribution in [2.75, 3.05) is 5.32 Å². The minimum atomic E-state index is -0.534. The summed E-state index contributed by atoms with van der Waals surface area (Å²) < 4.78 is 0. The van der Waals surface area contributed by atoms with Crippen LogP contribution < -0.4 is 5.32 Å². The number of hydrogen-bond acceptors (Lipinski definition) is 4. The standard InChI is InChI=1S/C13H11Cl2NO3/c14-9-3-2-8(5-10(9)15)16-6-7-1-4-11(17)13(19)12(7)18/h1-5,16-19H,6H2. The van der Waals surface area contributed by atoms with Gasteiger partial charge in [-0.25, -0.2) is 0 Å². The van der Waals surface area contributed by atoms with Gasteiger partial charge in [-0.3, -0.25) is 0 Å². The first-order chi connectivity index (χ1) is 8.99. The Morgan fingerprint density at radius 1 is 0.895 bits per heavy atom. The smallest absolute Gasteiger partial charge is 0.200 e. The molecule has 0 aromatic heterocycles. The van der Waals surface area contributed by atoms with Gasteiger partial charge in [0.25, 0.3) is 0 Å². The largest absolute Gasteiger partial charge is 0.504 e. The molecule has 0 saturated heterocycles. The number of anilines is 1. The molecule has 4 nitrogen and oxygen atoms in total. The van der Waals surface area contributed by atoms with Crippen LogP contribution >= 0.6 is 23.2 Å². The van der Waals surface area contributed by atoms with Crippen LogP contribution in [0.15, 0.2) is 30.3 Å². The molecule has 0 radical (unpaired) electrons. The van der Waals surface area contributed by atoms with Gasteiger partial charge < -0.3 is 20.6 Å². The van der Waals surface area contributed by atoms with E-state index in [0.717, 1.165) is 5.69 Å². The lowest BCUT2D eigenvalue weighted by atomic mass is 10.1. The summed E-state index contributed by atoms with van der Waals surface area (Å²) in [7, 11) is 0. The average molecular weight is 300 g/mol. The third-order valence-corrected chi connectivity index (χ3v) is 3.36. The van der Waals surface area contributed by atoms with Crippen molar-refractivity contribution in [3.63, 3.8) is 0 Å². The predicted molar refractivity (Wildman–Crippen MR) is 75.2 cm³/mol. The molecule has 0 fully saturated rings. The van der Waals surface area contributed by atoms with Crippen molar-refractivity contribution in [1.82, 2.24) is 0 Å². The maximum Gasteiger partial charge on any atom is 0.200 e. The second-order valence-electron chi connectivity index (χ2n) is 3.92. The van der Waals surface area contributed by atoms with Crippen LogP contribution in [0.1, 0.15) is 5.56 Å². The Hall–Kier alpha value is -1.78. The van der Waals surface area contributed by atoms with Crippen molar-refractivity contribution < 1.29 is 15.3 Å². The van der Waals surface area contributed by atoms with E-state index in [1.807, 2.05) is 0 Å². The van der Waals surface area contributed by atoms with E-state index < -0.39 is 5.75 Å². The van der Waals surface area contributed by atoms with Crippen LogP contribution in [0.25, 0.3) is 0 Å². The Morgan fingerprint density at radius 3 is 2.32 bits per heavy atom. The molecule has 4 N–H and O–H groups in total. The lowest BCUT2D eigenvalue weighted by Crippen LogP contribution is -1.99. The van der Waals surface area contributed by atoms with E-state index in [1.165, 1.54) is 12.1 Å². The van der Waals surface area contributed by atoms with Crippen LogP contribution in [0.4, 0.5) is 5.69 Å². The number of benzene rings is 2. The van der Waals surface area contributed by atoms with Crippen LogP contribution in [-0.2, 0) is 6.54 Å². The van der Waals surface area contributed by atoms with E-state index in [9.17, 15) is 15.3 Å². The summed E-state index contributed by atoms with van der Waals surface area (Å²) in [5, 5.41) is 32.2. The van der Waals surface area contributed by atoms with Crippen LogP contribution in [0.2, 0.25) is 10.0 Å².